The Labute approximate surface area is 107 Å². The van der Waals surface area contributed by atoms with Gasteiger partial charge >= 0.3 is 0 Å². The highest BCUT2D eigenvalue weighted by molar-refractivity contribution is 6.07. The molecular formula is C14H10N2O3. The summed E-state index contributed by atoms with van der Waals surface area (Å²) in [5, 5.41) is 14.5. The molecule has 1 amide bonds. The summed E-state index contributed by atoms with van der Waals surface area (Å²) in [5.41, 5.74) is 5.64. The van der Waals surface area contributed by atoms with Gasteiger partial charge in [0.05, 0.1) is 0 Å². The number of benzene rings is 2. The standard InChI is InChI=1S/C14H10N2O3/c15-13(17)11-7-10-9-4-2-1-3-8(9)5-6-12(10)19-14(11)16-18/h1-7,18H,(H2,15,17)/b16-14-. The molecule has 0 fully saturated rings. The Morgan fingerprint density at radius 2 is 1.95 bits per heavy atom. The largest absolute Gasteiger partial charge is 0.435 e. The SMILES string of the molecule is NC(=O)c1cc2c(ccc3ccccc32)o/c1=N\O. The number of primary amides is 1. The molecular weight excluding hydrogens is 244 g/mol. The summed E-state index contributed by atoms with van der Waals surface area (Å²) in [4.78, 5) is 11.4. The lowest BCUT2D eigenvalue weighted by Crippen LogP contribution is -2.21. The summed E-state index contributed by atoms with van der Waals surface area (Å²) < 4.78 is 5.39. The zero-order valence-corrected chi connectivity index (χ0v) is 9.83. The summed E-state index contributed by atoms with van der Waals surface area (Å²) in [6.45, 7) is 0. The zero-order valence-electron chi connectivity index (χ0n) is 9.83. The lowest BCUT2D eigenvalue weighted by Gasteiger charge is -2.04. The van der Waals surface area contributed by atoms with E-state index in [2.05, 4.69) is 5.16 Å². The van der Waals surface area contributed by atoms with Gasteiger partial charge in [0.2, 0.25) is 0 Å². The third-order valence-electron chi connectivity index (χ3n) is 3.01. The molecule has 0 aliphatic rings. The van der Waals surface area contributed by atoms with Gasteiger partial charge in [-0.1, -0.05) is 30.3 Å². The molecule has 0 aliphatic carbocycles. The van der Waals surface area contributed by atoms with Crippen molar-refractivity contribution >= 4 is 27.6 Å². The molecule has 0 saturated heterocycles. The molecule has 3 N–H and O–H groups in total. The molecule has 3 aromatic rings. The molecule has 0 radical (unpaired) electrons. The van der Waals surface area contributed by atoms with E-state index in [0.29, 0.717) is 5.58 Å². The number of hydrogen-bond donors (Lipinski definition) is 2. The maximum absolute atomic E-state index is 11.4. The summed E-state index contributed by atoms with van der Waals surface area (Å²) in [5.74, 6) is -0.702. The van der Waals surface area contributed by atoms with Crippen molar-refractivity contribution in [3.63, 3.8) is 0 Å². The van der Waals surface area contributed by atoms with Gasteiger partial charge in [0.25, 0.3) is 11.5 Å². The molecule has 19 heavy (non-hydrogen) atoms. The molecule has 3 rings (SSSR count). The van der Waals surface area contributed by atoms with E-state index in [9.17, 15) is 4.79 Å². The minimum atomic E-state index is -0.702. The second-order valence-corrected chi connectivity index (χ2v) is 4.13. The van der Waals surface area contributed by atoms with Crippen LogP contribution in [0.5, 0.6) is 0 Å². The Hall–Kier alpha value is -2.82. The Kier molecular flexibility index (Phi) is 2.45. The highest BCUT2D eigenvalue weighted by Gasteiger charge is 2.11. The van der Waals surface area contributed by atoms with E-state index in [1.165, 1.54) is 0 Å². The summed E-state index contributed by atoms with van der Waals surface area (Å²) in [6, 6.07) is 13.0. The minimum absolute atomic E-state index is 0.0475. The molecule has 1 heterocycles. The Morgan fingerprint density at radius 3 is 2.68 bits per heavy atom. The van der Waals surface area contributed by atoms with Crippen LogP contribution in [-0.4, -0.2) is 11.1 Å². The van der Waals surface area contributed by atoms with Gasteiger partial charge in [-0.25, -0.2) is 0 Å². The Balaban J connectivity index is 2.53. The molecule has 5 nitrogen and oxygen atoms in total. The van der Waals surface area contributed by atoms with Crippen LogP contribution in [0.1, 0.15) is 10.4 Å². The average Bonchev–Trinajstić information content (AvgIpc) is 2.45. The fourth-order valence-corrected chi connectivity index (χ4v) is 2.13. The Bertz CT molecular complexity index is 865. The van der Waals surface area contributed by atoms with Crippen LogP contribution in [0.4, 0.5) is 0 Å². The number of carbonyl (C=O) groups is 1. The summed E-state index contributed by atoms with van der Waals surface area (Å²) in [6.07, 6.45) is 0. The van der Waals surface area contributed by atoms with Gasteiger partial charge in [0.1, 0.15) is 11.1 Å². The number of carbonyl (C=O) groups excluding carboxylic acids is 1. The first-order valence-corrected chi connectivity index (χ1v) is 5.64. The molecule has 5 heteroatoms. The van der Waals surface area contributed by atoms with E-state index in [4.69, 9.17) is 15.4 Å². The number of nitrogens with two attached hydrogens (primary N) is 1. The van der Waals surface area contributed by atoms with Gasteiger partial charge < -0.3 is 15.4 Å². The third-order valence-corrected chi connectivity index (χ3v) is 3.01. The first-order valence-electron chi connectivity index (χ1n) is 5.64. The first-order chi connectivity index (χ1) is 9.20. The topological polar surface area (TPSA) is 88.8 Å². The zero-order chi connectivity index (χ0) is 13.4. The molecule has 0 aliphatic heterocycles. The number of amides is 1. The highest BCUT2D eigenvalue weighted by Crippen LogP contribution is 2.24. The molecule has 0 atom stereocenters. The maximum Gasteiger partial charge on any atom is 0.268 e. The smallest absolute Gasteiger partial charge is 0.268 e. The van der Waals surface area contributed by atoms with Gasteiger partial charge in [0.15, 0.2) is 0 Å². The van der Waals surface area contributed by atoms with Crippen LogP contribution in [0, 0.1) is 0 Å². The predicted octanol–water partition coefficient (Wildman–Crippen LogP) is 1.97. The van der Waals surface area contributed by atoms with E-state index in [-0.39, 0.29) is 11.1 Å². The van der Waals surface area contributed by atoms with Crippen molar-refractivity contribution in [2.45, 2.75) is 0 Å². The predicted molar refractivity (Wildman–Crippen MR) is 69.6 cm³/mol. The van der Waals surface area contributed by atoms with Crippen molar-refractivity contribution < 1.29 is 14.4 Å². The monoisotopic (exact) mass is 254 g/mol. The molecule has 1 aromatic heterocycles. The van der Waals surface area contributed by atoms with Gasteiger partial charge in [-0.3, -0.25) is 4.79 Å². The molecule has 0 spiro atoms. The van der Waals surface area contributed by atoms with Crippen LogP contribution in [0.3, 0.4) is 0 Å². The molecule has 0 unspecified atom stereocenters. The molecule has 0 saturated carbocycles. The molecule has 2 aromatic carbocycles. The second kappa shape index (κ2) is 4.13. The first kappa shape index (κ1) is 11.3. The summed E-state index contributed by atoms with van der Waals surface area (Å²) >= 11 is 0. The number of rotatable bonds is 1. The maximum atomic E-state index is 11.4. The van der Waals surface area contributed by atoms with Crippen molar-refractivity contribution in [3.05, 3.63) is 53.6 Å². The van der Waals surface area contributed by atoms with E-state index in [0.717, 1.165) is 16.2 Å². The molecule has 94 valence electrons. The van der Waals surface area contributed by atoms with E-state index in [1.54, 1.807) is 12.1 Å². The van der Waals surface area contributed by atoms with Crippen LogP contribution in [-0.2, 0) is 0 Å². The fourth-order valence-electron chi connectivity index (χ4n) is 2.13. The average molecular weight is 254 g/mol. The fraction of sp³-hybridized carbons (Fsp3) is 0. The summed E-state index contributed by atoms with van der Waals surface area (Å²) in [7, 11) is 0. The van der Waals surface area contributed by atoms with E-state index < -0.39 is 5.91 Å². The van der Waals surface area contributed by atoms with Crippen molar-refractivity contribution in [1.29, 1.82) is 0 Å². The van der Waals surface area contributed by atoms with Crippen molar-refractivity contribution in [2.24, 2.45) is 10.9 Å². The van der Waals surface area contributed by atoms with Gasteiger partial charge in [-0.05, 0) is 28.1 Å². The van der Waals surface area contributed by atoms with Gasteiger partial charge in [0, 0.05) is 5.39 Å². The van der Waals surface area contributed by atoms with Crippen molar-refractivity contribution in [1.82, 2.24) is 0 Å². The normalized spacial score (nSPS) is 12.1. The van der Waals surface area contributed by atoms with Gasteiger partial charge in [-0.15, -0.1) is 0 Å². The number of hydrogen-bond acceptors (Lipinski definition) is 4. The molecule has 0 bridgehead atoms. The number of fused-ring (bicyclic) bond motifs is 3. The number of nitrogens with zero attached hydrogens (tertiary/aromatic N) is 1. The van der Waals surface area contributed by atoms with Crippen molar-refractivity contribution in [3.8, 4) is 0 Å². The lowest BCUT2D eigenvalue weighted by atomic mass is 10.0. The lowest BCUT2D eigenvalue weighted by molar-refractivity contribution is 0.0994. The third kappa shape index (κ3) is 1.72. The second-order valence-electron chi connectivity index (χ2n) is 4.13. The van der Waals surface area contributed by atoms with E-state index in [1.807, 2.05) is 30.3 Å². The van der Waals surface area contributed by atoms with Crippen molar-refractivity contribution in [2.75, 3.05) is 0 Å². The minimum Gasteiger partial charge on any atom is -0.435 e. The van der Waals surface area contributed by atoms with Crippen LogP contribution in [0.2, 0.25) is 0 Å². The quantitative estimate of drug-likeness (QED) is 0.395. The van der Waals surface area contributed by atoms with Crippen LogP contribution in [0.25, 0.3) is 21.7 Å². The van der Waals surface area contributed by atoms with E-state index >= 15 is 0 Å². The highest BCUT2D eigenvalue weighted by atomic mass is 16.5. The van der Waals surface area contributed by atoms with Gasteiger partial charge in [-0.2, -0.15) is 0 Å². The van der Waals surface area contributed by atoms with Crippen LogP contribution in [0.15, 0.2) is 52.0 Å². The Morgan fingerprint density at radius 1 is 1.16 bits per heavy atom. The van der Waals surface area contributed by atoms with Crippen LogP contribution < -0.4 is 11.3 Å². The van der Waals surface area contributed by atoms with Crippen LogP contribution >= 0.6 is 0 Å².